The highest BCUT2D eigenvalue weighted by atomic mass is 16.5. The summed E-state index contributed by atoms with van der Waals surface area (Å²) in [6, 6.07) is 12.1. The quantitative estimate of drug-likeness (QED) is 0.627. The van der Waals surface area contributed by atoms with Gasteiger partial charge in [0, 0.05) is 5.56 Å². The first-order valence-corrected chi connectivity index (χ1v) is 7.19. The molecule has 118 valence electrons. The molecule has 1 heterocycles. The Kier molecular flexibility index (Phi) is 4.02. The lowest BCUT2D eigenvalue weighted by Gasteiger charge is -2.13. The molecule has 0 unspecified atom stereocenters. The number of carbonyl (C=O) groups is 2. The first-order valence-electron chi connectivity index (χ1n) is 7.19. The van der Waals surface area contributed by atoms with Gasteiger partial charge in [-0.25, -0.2) is 4.79 Å². The van der Waals surface area contributed by atoms with Crippen molar-refractivity contribution in [2.75, 3.05) is 14.2 Å². The van der Waals surface area contributed by atoms with Crippen molar-refractivity contribution in [3.8, 4) is 11.5 Å². The normalized spacial score (nSPS) is 15.7. The molecule has 0 spiro atoms. The van der Waals surface area contributed by atoms with Crippen LogP contribution in [0.2, 0.25) is 0 Å². The number of ketones is 1. The molecular formula is C18H16O5. The summed E-state index contributed by atoms with van der Waals surface area (Å²) in [6.45, 7) is 0. The van der Waals surface area contributed by atoms with Crippen LogP contribution in [0.15, 0.2) is 42.5 Å². The highest BCUT2D eigenvalue weighted by Crippen LogP contribution is 2.35. The van der Waals surface area contributed by atoms with E-state index in [-0.39, 0.29) is 12.2 Å². The molecule has 1 aliphatic heterocycles. The smallest absolute Gasteiger partial charge is 0.339 e. The average molecular weight is 312 g/mol. The van der Waals surface area contributed by atoms with Gasteiger partial charge in [-0.05, 0) is 24.3 Å². The van der Waals surface area contributed by atoms with E-state index in [4.69, 9.17) is 14.2 Å². The van der Waals surface area contributed by atoms with Crippen LogP contribution in [0.1, 0.15) is 38.8 Å². The van der Waals surface area contributed by atoms with Crippen LogP contribution in [0, 0.1) is 0 Å². The maximum absolute atomic E-state index is 12.6. The number of cyclic esters (lactones) is 1. The van der Waals surface area contributed by atoms with Crippen LogP contribution >= 0.6 is 0 Å². The molecule has 0 aliphatic carbocycles. The summed E-state index contributed by atoms with van der Waals surface area (Å²) in [6.07, 6.45) is -0.506. The average Bonchev–Trinajstić information content (AvgIpc) is 2.90. The SMILES string of the molecule is COc1ccc(OC)c(C(=O)C[C@H]2OC(=O)c3ccccc32)c1. The molecule has 0 N–H and O–H groups in total. The molecule has 5 nitrogen and oxygen atoms in total. The number of esters is 1. The molecule has 5 heteroatoms. The number of hydrogen-bond acceptors (Lipinski definition) is 5. The van der Waals surface area contributed by atoms with Crippen molar-refractivity contribution in [1.29, 1.82) is 0 Å². The van der Waals surface area contributed by atoms with Gasteiger partial charge in [0.1, 0.15) is 17.6 Å². The molecule has 2 aromatic rings. The van der Waals surface area contributed by atoms with E-state index < -0.39 is 12.1 Å². The lowest BCUT2D eigenvalue weighted by molar-refractivity contribution is 0.0367. The van der Waals surface area contributed by atoms with Gasteiger partial charge in [-0.2, -0.15) is 0 Å². The molecule has 0 fully saturated rings. The minimum Gasteiger partial charge on any atom is -0.497 e. The summed E-state index contributed by atoms with van der Waals surface area (Å²) < 4.78 is 15.7. The predicted octanol–water partition coefficient (Wildman–Crippen LogP) is 3.19. The fourth-order valence-corrected chi connectivity index (χ4v) is 2.68. The molecule has 0 saturated carbocycles. The van der Waals surface area contributed by atoms with Gasteiger partial charge < -0.3 is 14.2 Å². The van der Waals surface area contributed by atoms with E-state index in [1.807, 2.05) is 6.07 Å². The molecule has 0 radical (unpaired) electrons. The van der Waals surface area contributed by atoms with Crippen molar-refractivity contribution in [3.05, 3.63) is 59.2 Å². The number of benzene rings is 2. The van der Waals surface area contributed by atoms with Crippen molar-refractivity contribution in [1.82, 2.24) is 0 Å². The van der Waals surface area contributed by atoms with E-state index in [1.165, 1.54) is 14.2 Å². The van der Waals surface area contributed by atoms with E-state index in [0.717, 1.165) is 5.56 Å². The van der Waals surface area contributed by atoms with Crippen molar-refractivity contribution in [2.24, 2.45) is 0 Å². The first-order chi connectivity index (χ1) is 11.1. The number of carbonyl (C=O) groups excluding carboxylic acids is 2. The van der Waals surface area contributed by atoms with Gasteiger partial charge in [0.2, 0.25) is 0 Å². The van der Waals surface area contributed by atoms with Crippen LogP contribution in [0.5, 0.6) is 11.5 Å². The zero-order valence-corrected chi connectivity index (χ0v) is 12.9. The minimum atomic E-state index is -0.567. The molecule has 3 rings (SSSR count). The van der Waals surface area contributed by atoms with Crippen molar-refractivity contribution < 1.29 is 23.8 Å². The standard InChI is InChI=1S/C18H16O5/c1-21-11-7-8-16(22-2)14(9-11)15(19)10-17-12-5-3-4-6-13(12)18(20)23-17/h3-9,17H,10H2,1-2H3/t17-/m1/s1. The van der Waals surface area contributed by atoms with Crippen LogP contribution < -0.4 is 9.47 Å². The zero-order chi connectivity index (χ0) is 16.4. The molecule has 1 aliphatic rings. The summed E-state index contributed by atoms with van der Waals surface area (Å²) in [5.74, 6) is 0.470. The molecule has 1 atom stereocenters. The maximum Gasteiger partial charge on any atom is 0.339 e. The Bertz CT molecular complexity index is 766. The number of fused-ring (bicyclic) bond motifs is 1. The topological polar surface area (TPSA) is 61.8 Å². The highest BCUT2D eigenvalue weighted by Gasteiger charge is 2.32. The predicted molar refractivity (Wildman–Crippen MR) is 83.1 cm³/mol. The second kappa shape index (κ2) is 6.12. The van der Waals surface area contributed by atoms with Crippen LogP contribution in [0.25, 0.3) is 0 Å². The molecule has 0 saturated heterocycles. The van der Waals surface area contributed by atoms with Crippen LogP contribution in [-0.2, 0) is 4.74 Å². The summed E-state index contributed by atoms with van der Waals surface area (Å²) in [5.41, 5.74) is 1.67. The van der Waals surface area contributed by atoms with Gasteiger partial charge in [0.15, 0.2) is 5.78 Å². The van der Waals surface area contributed by atoms with Gasteiger partial charge in [-0.15, -0.1) is 0 Å². The largest absolute Gasteiger partial charge is 0.497 e. The Morgan fingerprint density at radius 1 is 1.13 bits per heavy atom. The van der Waals surface area contributed by atoms with Crippen molar-refractivity contribution in [3.63, 3.8) is 0 Å². The Hall–Kier alpha value is -2.82. The summed E-state index contributed by atoms with van der Waals surface area (Å²) >= 11 is 0. The zero-order valence-electron chi connectivity index (χ0n) is 12.9. The van der Waals surface area contributed by atoms with E-state index in [1.54, 1.807) is 36.4 Å². The van der Waals surface area contributed by atoms with Crippen molar-refractivity contribution >= 4 is 11.8 Å². The molecule has 0 aromatic heterocycles. The van der Waals surface area contributed by atoms with Crippen molar-refractivity contribution in [2.45, 2.75) is 12.5 Å². The molecule has 2 aromatic carbocycles. The second-order valence-electron chi connectivity index (χ2n) is 5.17. The minimum absolute atomic E-state index is 0.0618. The van der Waals surface area contributed by atoms with E-state index in [0.29, 0.717) is 22.6 Å². The van der Waals surface area contributed by atoms with Gasteiger partial charge in [-0.1, -0.05) is 18.2 Å². The summed E-state index contributed by atoms with van der Waals surface area (Å²) in [4.78, 5) is 24.5. The lowest BCUT2D eigenvalue weighted by Crippen LogP contribution is -2.09. The van der Waals surface area contributed by atoms with Crippen LogP contribution in [0.3, 0.4) is 0 Å². The Morgan fingerprint density at radius 2 is 1.91 bits per heavy atom. The van der Waals surface area contributed by atoms with Crippen LogP contribution in [0.4, 0.5) is 0 Å². The van der Waals surface area contributed by atoms with Gasteiger partial charge in [-0.3, -0.25) is 4.79 Å². The van der Waals surface area contributed by atoms with E-state index in [2.05, 4.69) is 0 Å². The monoisotopic (exact) mass is 312 g/mol. The highest BCUT2D eigenvalue weighted by molar-refractivity contribution is 6.01. The molecule has 0 amide bonds. The number of hydrogen-bond donors (Lipinski definition) is 0. The fourth-order valence-electron chi connectivity index (χ4n) is 2.68. The number of Topliss-reactive ketones (excluding diaryl/α,β-unsaturated/α-hetero) is 1. The third-order valence-electron chi connectivity index (χ3n) is 3.85. The van der Waals surface area contributed by atoms with Gasteiger partial charge in [0.05, 0.1) is 31.8 Å². The van der Waals surface area contributed by atoms with Gasteiger partial charge in [0.25, 0.3) is 0 Å². The Morgan fingerprint density at radius 3 is 2.65 bits per heavy atom. The summed E-state index contributed by atoms with van der Waals surface area (Å²) in [7, 11) is 3.04. The molecular weight excluding hydrogens is 296 g/mol. The first kappa shape index (κ1) is 15.1. The maximum atomic E-state index is 12.6. The lowest BCUT2D eigenvalue weighted by atomic mass is 9.98. The number of rotatable bonds is 5. The molecule has 23 heavy (non-hydrogen) atoms. The van der Waals surface area contributed by atoms with Gasteiger partial charge >= 0.3 is 5.97 Å². The van der Waals surface area contributed by atoms with Crippen LogP contribution in [-0.4, -0.2) is 26.0 Å². The number of ether oxygens (including phenoxy) is 3. The fraction of sp³-hybridized carbons (Fsp3) is 0.222. The molecule has 0 bridgehead atoms. The second-order valence-corrected chi connectivity index (χ2v) is 5.17. The Balaban J connectivity index is 1.87. The third kappa shape index (κ3) is 2.77. The van der Waals surface area contributed by atoms with E-state index in [9.17, 15) is 9.59 Å². The summed E-state index contributed by atoms with van der Waals surface area (Å²) in [5, 5.41) is 0. The van der Waals surface area contributed by atoms with E-state index >= 15 is 0 Å². The Labute approximate surface area is 133 Å². The number of methoxy groups -OCH3 is 2. The third-order valence-corrected chi connectivity index (χ3v) is 3.85.